The van der Waals surface area contributed by atoms with E-state index in [1.165, 1.54) is 11.0 Å². The monoisotopic (exact) mass is 371 g/mol. The Kier molecular flexibility index (Phi) is 5.85. The quantitative estimate of drug-likeness (QED) is 0.805. The number of allylic oxidation sites excluding steroid dienone is 2. The predicted molar refractivity (Wildman–Crippen MR) is 83.5 cm³/mol. The van der Waals surface area contributed by atoms with Gasteiger partial charge in [0.05, 0.1) is 12.2 Å². The zero-order valence-corrected chi connectivity index (χ0v) is 13.4. The zero-order valence-electron chi connectivity index (χ0n) is 11.9. The van der Waals surface area contributed by atoms with Gasteiger partial charge in [-0.1, -0.05) is 34.2 Å². The molecule has 0 unspecified atom stereocenters. The van der Waals surface area contributed by atoms with E-state index in [1.54, 1.807) is 0 Å². The molecule has 1 aliphatic rings. The molecule has 0 radical (unpaired) electrons. The Morgan fingerprint density at radius 3 is 2.73 bits per heavy atom. The van der Waals surface area contributed by atoms with Crippen LogP contribution in [0.5, 0.6) is 0 Å². The van der Waals surface area contributed by atoms with Crippen molar-refractivity contribution >= 4 is 21.8 Å². The first kappa shape index (κ1) is 16.8. The summed E-state index contributed by atoms with van der Waals surface area (Å²) >= 11 is 3.05. The van der Waals surface area contributed by atoms with Gasteiger partial charge in [0.2, 0.25) is 0 Å². The van der Waals surface area contributed by atoms with E-state index < -0.39 is 17.5 Å². The summed E-state index contributed by atoms with van der Waals surface area (Å²) in [7, 11) is 0. The fourth-order valence-electron chi connectivity index (χ4n) is 2.26. The van der Waals surface area contributed by atoms with Crippen molar-refractivity contribution < 1.29 is 18.7 Å². The number of aliphatic hydroxyl groups is 1. The van der Waals surface area contributed by atoms with E-state index in [0.717, 1.165) is 24.5 Å². The number of nitrogens with zero attached hydrogens (tertiary/aromatic N) is 1. The normalized spacial score (nSPS) is 13.9. The van der Waals surface area contributed by atoms with E-state index in [2.05, 4.69) is 15.9 Å². The summed E-state index contributed by atoms with van der Waals surface area (Å²) in [5.41, 5.74) is 0.574. The number of halogens is 3. The molecule has 1 aromatic carbocycles. The molecule has 1 amide bonds. The summed E-state index contributed by atoms with van der Waals surface area (Å²) in [4.78, 5) is 13.8. The van der Waals surface area contributed by atoms with Crippen LogP contribution in [-0.2, 0) is 0 Å². The zero-order chi connectivity index (χ0) is 16.1. The van der Waals surface area contributed by atoms with Crippen LogP contribution in [0.4, 0.5) is 8.78 Å². The van der Waals surface area contributed by atoms with Crippen LogP contribution in [0, 0.1) is 11.6 Å². The van der Waals surface area contributed by atoms with Crippen LogP contribution in [0.15, 0.2) is 40.4 Å². The van der Waals surface area contributed by atoms with Gasteiger partial charge < -0.3 is 10.0 Å². The summed E-state index contributed by atoms with van der Waals surface area (Å²) in [5.74, 6) is -2.91. The molecule has 22 heavy (non-hydrogen) atoms. The van der Waals surface area contributed by atoms with Gasteiger partial charge in [0.25, 0.3) is 5.91 Å². The summed E-state index contributed by atoms with van der Waals surface area (Å²) in [5, 5.41) is 9.13. The lowest BCUT2D eigenvalue weighted by Crippen LogP contribution is -2.35. The molecule has 3 nitrogen and oxygen atoms in total. The van der Waals surface area contributed by atoms with E-state index in [-0.39, 0.29) is 29.7 Å². The Morgan fingerprint density at radius 2 is 2.09 bits per heavy atom. The highest BCUT2D eigenvalue weighted by Crippen LogP contribution is 2.21. The van der Waals surface area contributed by atoms with Crippen molar-refractivity contribution in [1.29, 1.82) is 0 Å². The number of hydrogen-bond acceptors (Lipinski definition) is 2. The lowest BCUT2D eigenvalue weighted by atomic mass is 10.1. The molecule has 1 aromatic rings. The highest BCUT2D eigenvalue weighted by atomic mass is 79.9. The van der Waals surface area contributed by atoms with Gasteiger partial charge in [-0.3, -0.25) is 4.79 Å². The molecule has 0 saturated carbocycles. The summed E-state index contributed by atoms with van der Waals surface area (Å²) in [6.07, 6.45) is 7.72. The maximum atomic E-state index is 13.9. The second-order valence-corrected chi connectivity index (χ2v) is 5.87. The van der Waals surface area contributed by atoms with Crippen molar-refractivity contribution in [3.05, 3.63) is 57.6 Å². The van der Waals surface area contributed by atoms with Gasteiger partial charge in [-0.2, -0.15) is 0 Å². The number of benzene rings is 1. The summed E-state index contributed by atoms with van der Waals surface area (Å²) in [6.45, 7) is 0.0574. The van der Waals surface area contributed by atoms with Gasteiger partial charge in [-0.05, 0) is 30.5 Å². The fraction of sp³-hybridized carbons (Fsp3) is 0.312. The minimum Gasteiger partial charge on any atom is -0.395 e. The van der Waals surface area contributed by atoms with Crippen molar-refractivity contribution in [2.24, 2.45) is 0 Å². The first-order chi connectivity index (χ1) is 10.5. The Morgan fingerprint density at radius 1 is 1.32 bits per heavy atom. The van der Waals surface area contributed by atoms with Crippen LogP contribution in [0.25, 0.3) is 0 Å². The molecule has 0 spiro atoms. The molecule has 0 atom stereocenters. The largest absolute Gasteiger partial charge is 0.395 e. The van der Waals surface area contributed by atoms with Crippen LogP contribution >= 0.6 is 15.9 Å². The van der Waals surface area contributed by atoms with Crippen LogP contribution in [0.2, 0.25) is 0 Å². The standard InChI is InChI=1S/C16H16BrF2NO2/c17-12-8-13(15(19)14(18)9-12)16(22)20(6-7-21)10-11-4-2-1-3-5-11/h2,4-5,8-9,21H,1,3,6-7,10H2. The van der Waals surface area contributed by atoms with Gasteiger partial charge in [0, 0.05) is 17.6 Å². The SMILES string of the molecule is O=C(c1cc(Br)cc(F)c1F)N(CCO)CC1=CCCC=C1. The number of amides is 1. The molecule has 1 aliphatic carbocycles. The smallest absolute Gasteiger partial charge is 0.257 e. The van der Waals surface area contributed by atoms with Crippen molar-refractivity contribution in [3.63, 3.8) is 0 Å². The number of aliphatic hydroxyl groups excluding tert-OH is 1. The van der Waals surface area contributed by atoms with E-state index in [9.17, 15) is 13.6 Å². The third-order valence-corrected chi connectivity index (χ3v) is 3.78. The molecule has 0 aromatic heterocycles. The van der Waals surface area contributed by atoms with Crippen molar-refractivity contribution in [2.45, 2.75) is 12.8 Å². The van der Waals surface area contributed by atoms with E-state index >= 15 is 0 Å². The minimum absolute atomic E-state index is 0.0532. The number of carbonyl (C=O) groups excluding carboxylic acids is 1. The lowest BCUT2D eigenvalue weighted by molar-refractivity contribution is 0.0733. The van der Waals surface area contributed by atoms with Crippen molar-refractivity contribution in [3.8, 4) is 0 Å². The molecule has 0 heterocycles. The number of carbonyl (C=O) groups is 1. The van der Waals surface area contributed by atoms with Gasteiger partial charge >= 0.3 is 0 Å². The minimum atomic E-state index is -1.18. The maximum Gasteiger partial charge on any atom is 0.257 e. The molecule has 0 aliphatic heterocycles. The molecule has 0 saturated heterocycles. The summed E-state index contributed by atoms with van der Waals surface area (Å²) < 4.78 is 27.6. The molecule has 0 fully saturated rings. The molecule has 1 N–H and O–H groups in total. The Balaban J connectivity index is 2.26. The molecule has 118 valence electrons. The average Bonchev–Trinajstić information content (AvgIpc) is 2.51. The first-order valence-electron chi connectivity index (χ1n) is 6.93. The van der Waals surface area contributed by atoms with Gasteiger partial charge in [-0.15, -0.1) is 0 Å². The lowest BCUT2D eigenvalue weighted by Gasteiger charge is -2.23. The van der Waals surface area contributed by atoms with Crippen molar-refractivity contribution in [2.75, 3.05) is 19.7 Å². The fourth-order valence-corrected chi connectivity index (χ4v) is 2.69. The Hall–Kier alpha value is -1.53. The van der Waals surface area contributed by atoms with Crippen LogP contribution < -0.4 is 0 Å². The molecule has 6 heteroatoms. The summed E-state index contributed by atoms with van der Waals surface area (Å²) in [6, 6.07) is 2.21. The number of hydrogen-bond donors (Lipinski definition) is 1. The predicted octanol–water partition coefficient (Wildman–Crippen LogP) is 3.44. The van der Waals surface area contributed by atoms with Gasteiger partial charge in [0.15, 0.2) is 11.6 Å². The van der Waals surface area contributed by atoms with Crippen molar-refractivity contribution in [1.82, 2.24) is 4.90 Å². The second-order valence-electron chi connectivity index (χ2n) is 4.96. The number of rotatable bonds is 5. The van der Waals surface area contributed by atoms with Gasteiger partial charge in [-0.25, -0.2) is 8.78 Å². The second kappa shape index (κ2) is 7.65. The third-order valence-electron chi connectivity index (χ3n) is 3.33. The van der Waals surface area contributed by atoms with E-state index in [0.29, 0.717) is 0 Å². The van der Waals surface area contributed by atoms with E-state index in [1.807, 2.05) is 18.2 Å². The highest BCUT2D eigenvalue weighted by molar-refractivity contribution is 9.10. The molecule has 2 rings (SSSR count). The molecular formula is C16H16BrF2NO2. The van der Waals surface area contributed by atoms with Crippen LogP contribution in [-0.4, -0.2) is 35.6 Å². The first-order valence-corrected chi connectivity index (χ1v) is 7.72. The van der Waals surface area contributed by atoms with Crippen LogP contribution in [0.3, 0.4) is 0 Å². The topological polar surface area (TPSA) is 40.5 Å². The van der Waals surface area contributed by atoms with Crippen LogP contribution in [0.1, 0.15) is 23.2 Å². The highest BCUT2D eigenvalue weighted by Gasteiger charge is 2.22. The van der Waals surface area contributed by atoms with Gasteiger partial charge in [0.1, 0.15) is 0 Å². The Labute approximate surface area is 136 Å². The van der Waals surface area contributed by atoms with E-state index in [4.69, 9.17) is 5.11 Å². The third kappa shape index (κ3) is 4.01. The maximum absolute atomic E-state index is 13.9. The molecular weight excluding hydrogens is 356 g/mol. The molecule has 0 bridgehead atoms. The average molecular weight is 372 g/mol. The Bertz CT molecular complexity index is 629.